The molecule has 30 heavy (non-hydrogen) atoms. The number of aromatic nitrogens is 4. The zero-order valence-corrected chi connectivity index (χ0v) is 18.1. The van der Waals surface area contributed by atoms with Gasteiger partial charge < -0.3 is 9.47 Å². The molecule has 2 atom stereocenters. The van der Waals surface area contributed by atoms with Gasteiger partial charge in [0.2, 0.25) is 0 Å². The summed E-state index contributed by atoms with van der Waals surface area (Å²) in [6, 6.07) is 2.95. The predicted molar refractivity (Wildman–Crippen MR) is 112 cm³/mol. The molecule has 2 heterocycles. The van der Waals surface area contributed by atoms with Gasteiger partial charge in [-0.15, -0.1) is 16.4 Å². The number of carbonyl (C=O) groups is 1. The predicted octanol–water partition coefficient (Wildman–Crippen LogP) is 4.41. The van der Waals surface area contributed by atoms with E-state index in [0.29, 0.717) is 26.6 Å². The Morgan fingerprint density at radius 3 is 2.83 bits per heavy atom. The number of H-pyrrole nitrogens is 1. The van der Waals surface area contributed by atoms with E-state index in [2.05, 4.69) is 46.7 Å². The number of hydrogen-bond donors (Lipinski definition) is 2. The van der Waals surface area contributed by atoms with Gasteiger partial charge in [0.25, 0.3) is 11.9 Å². The molecule has 2 aromatic heterocycles. The minimum Gasteiger partial charge on any atom is -0.494 e. The number of methoxy groups -OCH3 is 1. The molecule has 1 saturated carbocycles. The van der Waals surface area contributed by atoms with Crippen LogP contribution in [0.4, 0.5) is 10.3 Å². The Hall–Kier alpha value is -2.75. The van der Waals surface area contributed by atoms with Gasteiger partial charge in [-0.1, -0.05) is 25.9 Å². The monoisotopic (exact) mass is 433 g/mol. The number of hydrogen-bond acceptors (Lipinski definition) is 7. The third kappa shape index (κ3) is 4.09. The number of fused-ring (bicyclic) bond motifs is 1. The van der Waals surface area contributed by atoms with Crippen molar-refractivity contribution in [2.75, 3.05) is 12.4 Å². The first kappa shape index (κ1) is 20.5. The van der Waals surface area contributed by atoms with Crippen LogP contribution in [0.5, 0.6) is 11.5 Å². The number of aromatic amines is 1. The number of halogens is 1. The van der Waals surface area contributed by atoms with Crippen LogP contribution in [0.1, 0.15) is 49.7 Å². The second-order valence-corrected chi connectivity index (χ2v) is 9.64. The van der Waals surface area contributed by atoms with Crippen molar-refractivity contribution in [2.24, 2.45) is 11.3 Å². The molecule has 0 bridgehead atoms. The standard InChI is InChI=1S/C20H24FN5O3S/c1-10-5-11(9-20(2,3)8-10)29-16-12-6-14(28-4)13(21)7-15(12)30-17(16)18(27)22-19-23-25-26-24-19/h6-7,10-11H,5,8-9H2,1-4H3,(H2,22,23,24,25,26,27). The van der Waals surface area contributed by atoms with Crippen molar-refractivity contribution < 1.29 is 18.7 Å². The molecule has 4 rings (SSSR count). The molecule has 1 aliphatic rings. The smallest absolute Gasteiger partial charge is 0.272 e. The van der Waals surface area contributed by atoms with Crippen molar-refractivity contribution in [1.29, 1.82) is 0 Å². The van der Waals surface area contributed by atoms with Gasteiger partial charge in [0.1, 0.15) is 4.88 Å². The van der Waals surface area contributed by atoms with Gasteiger partial charge >= 0.3 is 0 Å². The van der Waals surface area contributed by atoms with Crippen LogP contribution in [0.3, 0.4) is 0 Å². The van der Waals surface area contributed by atoms with E-state index < -0.39 is 11.7 Å². The third-order valence-electron chi connectivity index (χ3n) is 5.32. The van der Waals surface area contributed by atoms with Crippen molar-refractivity contribution in [3.05, 3.63) is 22.8 Å². The van der Waals surface area contributed by atoms with Crippen LogP contribution in [-0.4, -0.2) is 39.7 Å². The lowest BCUT2D eigenvalue weighted by atomic mass is 9.71. The Morgan fingerprint density at radius 2 is 2.17 bits per heavy atom. The normalized spacial score (nSPS) is 20.8. The Bertz CT molecular complexity index is 1070. The fourth-order valence-corrected chi connectivity index (χ4v) is 5.42. The lowest BCUT2D eigenvalue weighted by Crippen LogP contribution is -2.34. The van der Waals surface area contributed by atoms with Crippen LogP contribution < -0.4 is 14.8 Å². The summed E-state index contributed by atoms with van der Waals surface area (Å²) in [5.41, 5.74) is 0.144. The van der Waals surface area contributed by atoms with Gasteiger partial charge in [0, 0.05) is 10.1 Å². The van der Waals surface area contributed by atoms with Gasteiger partial charge in [-0.25, -0.2) is 4.39 Å². The largest absolute Gasteiger partial charge is 0.494 e. The third-order valence-corrected chi connectivity index (χ3v) is 6.46. The van der Waals surface area contributed by atoms with Crippen molar-refractivity contribution in [3.8, 4) is 11.5 Å². The van der Waals surface area contributed by atoms with E-state index in [1.165, 1.54) is 13.2 Å². The molecule has 2 N–H and O–H groups in total. The topological polar surface area (TPSA) is 102 Å². The summed E-state index contributed by atoms with van der Waals surface area (Å²) in [6.45, 7) is 6.67. The molecule has 10 heteroatoms. The molecular weight excluding hydrogens is 409 g/mol. The van der Waals surface area contributed by atoms with E-state index in [4.69, 9.17) is 9.47 Å². The fourth-order valence-electron chi connectivity index (χ4n) is 4.39. The molecule has 2 unspecified atom stereocenters. The van der Waals surface area contributed by atoms with Crippen LogP contribution >= 0.6 is 11.3 Å². The first-order valence-electron chi connectivity index (χ1n) is 9.77. The van der Waals surface area contributed by atoms with E-state index in [0.717, 1.165) is 30.6 Å². The number of carbonyl (C=O) groups excluding carboxylic acids is 1. The molecule has 0 aliphatic heterocycles. The molecule has 3 aromatic rings. The average molecular weight is 434 g/mol. The Balaban J connectivity index is 1.75. The van der Waals surface area contributed by atoms with Gasteiger partial charge in [-0.3, -0.25) is 10.1 Å². The molecule has 8 nitrogen and oxygen atoms in total. The van der Waals surface area contributed by atoms with Crippen LogP contribution in [0.2, 0.25) is 0 Å². The minimum atomic E-state index is -0.490. The van der Waals surface area contributed by atoms with E-state index in [-0.39, 0.29) is 23.2 Å². The molecule has 160 valence electrons. The summed E-state index contributed by atoms with van der Waals surface area (Å²) in [4.78, 5) is 13.3. The molecule has 0 saturated heterocycles. The average Bonchev–Trinajstić information content (AvgIpc) is 3.27. The van der Waals surface area contributed by atoms with Crippen molar-refractivity contribution in [3.63, 3.8) is 0 Å². The number of ether oxygens (including phenoxy) is 2. The van der Waals surface area contributed by atoms with Crippen LogP contribution in [0.15, 0.2) is 12.1 Å². The number of benzene rings is 1. The molecule has 1 aromatic carbocycles. The molecule has 0 spiro atoms. The summed E-state index contributed by atoms with van der Waals surface area (Å²) in [5.74, 6) is 0.175. The number of anilines is 1. The number of thiophene rings is 1. The maximum Gasteiger partial charge on any atom is 0.272 e. The summed E-state index contributed by atoms with van der Waals surface area (Å²) in [5, 5.41) is 16.5. The summed E-state index contributed by atoms with van der Waals surface area (Å²) in [6.07, 6.45) is 2.85. The highest BCUT2D eigenvalue weighted by atomic mass is 32.1. The van der Waals surface area contributed by atoms with Crippen molar-refractivity contribution in [1.82, 2.24) is 20.6 Å². The highest BCUT2D eigenvalue weighted by molar-refractivity contribution is 7.21. The Morgan fingerprint density at radius 1 is 1.37 bits per heavy atom. The number of amides is 1. The Labute approximate surface area is 177 Å². The van der Waals surface area contributed by atoms with Gasteiger partial charge in [-0.05, 0) is 47.9 Å². The zero-order valence-electron chi connectivity index (χ0n) is 17.3. The maximum absolute atomic E-state index is 14.3. The van der Waals surface area contributed by atoms with Crippen LogP contribution in [-0.2, 0) is 0 Å². The summed E-state index contributed by atoms with van der Waals surface area (Å²) >= 11 is 1.16. The van der Waals surface area contributed by atoms with E-state index in [1.807, 2.05) is 0 Å². The summed E-state index contributed by atoms with van der Waals surface area (Å²) < 4.78 is 26.5. The lowest BCUT2D eigenvalue weighted by molar-refractivity contribution is 0.0568. The van der Waals surface area contributed by atoms with Crippen LogP contribution in [0, 0.1) is 17.2 Å². The first-order valence-corrected chi connectivity index (χ1v) is 10.6. The van der Waals surface area contributed by atoms with Crippen molar-refractivity contribution >= 4 is 33.3 Å². The molecule has 1 aliphatic carbocycles. The fraction of sp³-hybridized carbons (Fsp3) is 0.500. The molecular formula is C20H24FN5O3S. The van der Waals surface area contributed by atoms with Gasteiger partial charge in [0.05, 0.1) is 13.2 Å². The highest BCUT2D eigenvalue weighted by Gasteiger charge is 2.35. The summed E-state index contributed by atoms with van der Waals surface area (Å²) in [7, 11) is 1.41. The van der Waals surface area contributed by atoms with E-state index in [9.17, 15) is 9.18 Å². The molecule has 1 fully saturated rings. The SMILES string of the molecule is COc1cc2c(OC3CC(C)CC(C)(C)C3)c(C(=O)Nc3nn[nH]n3)sc2cc1F. The second-order valence-electron chi connectivity index (χ2n) is 8.59. The van der Waals surface area contributed by atoms with Gasteiger partial charge in [0.15, 0.2) is 17.3 Å². The maximum atomic E-state index is 14.3. The van der Waals surface area contributed by atoms with Crippen molar-refractivity contribution in [2.45, 2.75) is 46.1 Å². The number of nitrogens with one attached hydrogen (secondary N) is 2. The second kappa shape index (κ2) is 7.82. The number of rotatable bonds is 5. The highest BCUT2D eigenvalue weighted by Crippen LogP contribution is 2.45. The quantitative estimate of drug-likeness (QED) is 0.618. The minimum absolute atomic E-state index is 0.0469. The first-order chi connectivity index (χ1) is 14.3. The molecule has 0 radical (unpaired) electrons. The van der Waals surface area contributed by atoms with E-state index >= 15 is 0 Å². The lowest BCUT2D eigenvalue weighted by Gasteiger charge is -2.38. The zero-order chi connectivity index (χ0) is 21.5. The van der Waals surface area contributed by atoms with E-state index in [1.54, 1.807) is 6.07 Å². The van der Waals surface area contributed by atoms with Crippen LogP contribution in [0.25, 0.3) is 10.1 Å². The number of tetrazole rings is 1. The number of nitrogens with zero attached hydrogens (tertiary/aromatic N) is 3. The Kier molecular flexibility index (Phi) is 5.35. The molecule has 1 amide bonds. The van der Waals surface area contributed by atoms with Gasteiger partial charge in [-0.2, -0.15) is 5.21 Å².